The first kappa shape index (κ1) is 15.6. The van der Waals surface area contributed by atoms with Gasteiger partial charge in [0.2, 0.25) is 0 Å². The van der Waals surface area contributed by atoms with E-state index in [2.05, 4.69) is 38.1 Å². The van der Waals surface area contributed by atoms with E-state index in [9.17, 15) is 5.11 Å². The summed E-state index contributed by atoms with van der Waals surface area (Å²) in [6.07, 6.45) is 2.73. The Morgan fingerprint density at radius 3 is 2.86 bits per heavy atom. The van der Waals surface area contributed by atoms with Gasteiger partial charge in [-0.1, -0.05) is 6.92 Å². The van der Waals surface area contributed by atoms with Crippen molar-refractivity contribution in [3.8, 4) is 22.9 Å². The third-order valence-electron chi connectivity index (χ3n) is 2.80. The second-order valence-electron chi connectivity index (χ2n) is 4.43. The second-order valence-corrected chi connectivity index (χ2v) is 5.29. The van der Waals surface area contributed by atoms with Crippen molar-refractivity contribution in [3.05, 3.63) is 28.9 Å². The summed E-state index contributed by atoms with van der Waals surface area (Å²) >= 11 is 3.43. The molecule has 0 saturated heterocycles. The molecule has 0 aliphatic carbocycles. The molecule has 0 aliphatic rings. The topological polar surface area (TPSA) is 67.3 Å². The summed E-state index contributed by atoms with van der Waals surface area (Å²) in [5.74, 6) is 1.89. The van der Waals surface area contributed by atoms with Gasteiger partial charge in [0.1, 0.15) is 5.82 Å². The molecule has 0 aliphatic heterocycles. The van der Waals surface area contributed by atoms with Gasteiger partial charge in [-0.3, -0.25) is 0 Å². The third-order valence-corrected chi connectivity index (χ3v) is 3.38. The normalized spacial score (nSPS) is 10.4. The number of phenols is 1. The number of hydrogen-bond acceptors (Lipinski definition) is 5. The Balaban J connectivity index is 2.35. The maximum atomic E-state index is 9.74. The quantitative estimate of drug-likeness (QED) is 0.827. The number of phenolic OH excluding ortho intramolecular Hbond substituents is 1. The number of ether oxygens (including phenoxy) is 1. The molecule has 0 fully saturated rings. The van der Waals surface area contributed by atoms with Crippen LogP contribution in [0.1, 0.15) is 20.3 Å². The summed E-state index contributed by atoms with van der Waals surface area (Å²) in [6, 6.07) is 5.10. The van der Waals surface area contributed by atoms with Crippen LogP contribution in [0.3, 0.4) is 0 Å². The molecule has 2 N–H and O–H groups in total. The predicted molar refractivity (Wildman–Crippen MR) is 86.8 cm³/mol. The monoisotopic (exact) mass is 351 g/mol. The van der Waals surface area contributed by atoms with E-state index in [1.807, 2.05) is 6.92 Å². The summed E-state index contributed by atoms with van der Waals surface area (Å²) < 4.78 is 6.21. The molecule has 2 rings (SSSR count). The number of nitrogens with zero attached hydrogens (tertiary/aromatic N) is 2. The Kier molecular flexibility index (Phi) is 5.38. The van der Waals surface area contributed by atoms with Crippen molar-refractivity contribution < 1.29 is 9.84 Å². The van der Waals surface area contributed by atoms with Gasteiger partial charge in [0.15, 0.2) is 17.3 Å². The Bertz CT molecular complexity index is 620. The highest BCUT2D eigenvalue weighted by Gasteiger charge is 2.10. The van der Waals surface area contributed by atoms with Gasteiger partial charge in [-0.2, -0.15) is 0 Å². The molecule has 6 heteroatoms. The van der Waals surface area contributed by atoms with Gasteiger partial charge in [0.25, 0.3) is 0 Å². The zero-order chi connectivity index (χ0) is 15.2. The Hall–Kier alpha value is -1.82. The lowest BCUT2D eigenvalue weighted by molar-refractivity contribution is 0.318. The highest BCUT2D eigenvalue weighted by molar-refractivity contribution is 9.10. The van der Waals surface area contributed by atoms with Crippen LogP contribution in [0, 0.1) is 0 Å². The number of rotatable bonds is 6. The molecule has 5 nitrogen and oxygen atoms in total. The molecule has 0 saturated carbocycles. The molecule has 112 valence electrons. The van der Waals surface area contributed by atoms with E-state index in [-0.39, 0.29) is 5.75 Å². The molecule has 0 bridgehead atoms. The van der Waals surface area contributed by atoms with Gasteiger partial charge in [-0.25, -0.2) is 9.97 Å². The van der Waals surface area contributed by atoms with E-state index >= 15 is 0 Å². The van der Waals surface area contributed by atoms with Crippen molar-refractivity contribution in [1.82, 2.24) is 9.97 Å². The average Bonchev–Trinajstić information content (AvgIpc) is 2.49. The van der Waals surface area contributed by atoms with Gasteiger partial charge in [-0.15, -0.1) is 0 Å². The number of aromatic nitrogens is 2. The lowest BCUT2D eigenvalue weighted by Gasteiger charge is -2.10. The lowest BCUT2D eigenvalue weighted by atomic mass is 10.2. The maximum Gasteiger partial charge on any atom is 0.161 e. The van der Waals surface area contributed by atoms with Crippen LogP contribution >= 0.6 is 15.9 Å². The standard InChI is InChI=1S/C15H18BrN3O2/c1-3-7-17-15-11(16)9-18-14(19-15)10-5-6-12(20)13(8-10)21-4-2/h5-6,8-9,20H,3-4,7H2,1-2H3,(H,17,18,19). The minimum Gasteiger partial charge on any atom is -0.504 e. The maximum absolute atomic E-state index is 9.74. The highest BCUT2D eigenvalue weighted by Crippen LogP contribution is 2.31. The van der Waals surface area contributed by atoms with E-state index in [1.54, 1.807) is 24.4 Å². The van der Waals surface area contributed by atoms with Gasteiger partial charge < -0.3 is 15.2 Å². The van der Waals surface area contributed by atoms with Gasteiger partial charge in [0, 0.05) is 18.3 Å². The van der Waals surface area contributed by atoms with Crippen LogP contribution in [0.5, 0.6) is 11.5 Å². The molecule has 0 atom stereocenters. The molecule has 1 aromatic heterocycles. The van der Waals surface area contributed by atoms with Gasteiger partial charge >= 0.3 is 0 Å². The van der Waals surface area contributed by atoms with Crippen LogP contribution < -0.4 is 10.1 Å². The molecular formula is C15H18BrN3O2. The molecule has 0 unspecified atom stereocenters. The summed E-state index contributed by atoms with van der Waals surface area (Å²) in [6.45, 7) is 5.29. The Morgan fingerprint density at radius 2 is 2.14 bits per heavy atom. The lowest BCUT2D eigenvalue weighted by Crippen LogP contribution is -2.04. The largest absolute Gasteiger partial charge is 0.504 e. The van der Waals surface area contributed by atoms with Crippen molar-refractivity contribution in [2.45, 2.75) is 20.3 Å². The van der Waals surface area contributed by atoms with E-state index in [4.69, 9.17) is 4.74 Å². The molecule has 1 heterocycles. The van der Waals surface area contributed by atoms with Crippen LogP contribution in [0.25, 0.3) is 11.4 Å². The number of benzene rings is 1. The van der Waals surface area contributed by atoms with E-state index in [0.29, 0.717) is 18.2 Å². The fourth-order valence-corrected chi connectivity index (χ4v) is 2.13. The average molecular weight is 352 g/mol. The Labute approximate surface area is 132 Å². The molecule has 2 aromatic rings. The first-order chi connectivity index (χ1) is 10.2. The Morgan fingerprint density at radius 1 is 1.33 bits per heavy atom. The molecule has 21 heavy (non-hydrogen) atoms. The molecule has 0 spiro atoms. The summed E-state index contributed by atoms with van der Waals surface area (Å²) in [5.41, 5.74) is 0.795. The molecular weight excluding hydrogens is 334 g/mol. The number of nitrogens with one attached hydrogen (secondary N) is 1. The van der Waals surface area contributed by atoms with E-state index in [0.717, 1.165) is 28.8 Å². The van der Waals surface area contributed by atoms with Crippen molar-refractivity contribution in [2.75, 3.05) is 18.5 Å². The first-order valence-electron chi connectivity index (χ1n) is 6.88. The zero-order valence-electron chi connectivity index (χ0n) is 12.1. The van der Waals surface area contributed by atoms with Gasteiger partial charge in [0.05, 0.1) is 11.1 Å². The van der Waals surface area contributed by atoms with Crippen molar-refractivity contribution in [2.24, 2.45) is 0 Å². The third kappa shape index (κ3) is 3.85. The predicted octanol–water partition coefficient (Wildman–Crippen LogP) is 3.83. The molecule has 1 aromatic carbocycles. The van der Waals surface area contributed by atoms with Crippen molar-refractivity contribution in [1.29, 1.82) is 0 Å². The number of halogens is 1. The smallest absolute Gasteiger partial charge is 0.161 e. The van der Waals surface area contributed by atoms with Crippen LogP contribution in [0.2, 0.25) is 0 Å². The fraction of sp³-hybridized carbons (Fsp3) is 0.333. The molecule has 0 amide bonds. The van der Waals surface area contributed by atoms with Crippen LogP contribution in [0.4, 0.5) is 5.82 Å². The first-order valence-corrected chi connectivity index (χ1v) is 7.67. The summed E-state index contributed by atoms with van der Waals surface area (Å²) in [7, 11) is 0. The van der Waals surface area contributed by atoms with Crippen LogP contribution in [-0.4, -0.2) is 28.2 Å². The SMILES string of the molecule is CCCNc1nc(-c2ccc(O)c(OCC)c2)ncc1Br. The summed E-state index contributed by atoms with van der Waals surface area (Å²) in [4.78, 5) is 8.82. The number of anilines is 1. The van der Waals surface area contributed by atoms with Crippen molar-refractivity contribution in [3.63, 3.8) is 0 Å². The zero-order valence-corrected chi connectivity index (χ0v) is 13.6. The second kappa shape index (κ2) is 7.26. The summed E-state index contributed by atoms with van der Waals surface area (Å²) in [5, 5.41) is 13.0. The highest BCUT2D eigenvalue weighted by atomic mass is 79.9. The van der Waals surface area contributed by atoms with E-state index < -0.39 is 0 Å². The van der Waals surface area contributed by atoms with Crippen LogP contribution in [0.15, 0.2) is 28.9 Å². The van der Waals surface area contributed by atoms with Crippen LogP contribution in [-0.2, 0) is 0 Å². The fourth-order valence-electron chi connectivity index (χ4n) is 1.80. The minimum absolute atomic E-state index is 0.113. The van der Waals surface area contributed by atoms with Crippen molar-refractivity contribution >= 4 is 21.7 Å². The van der Waals surface area contributed by atoms with Gasteiger partial charge in [-0.05, 0) is 47.5 Å². The minimum atomic E-state index is 0.113. The van der Waals surface area contributed by atoms with E-state index in [1.165, 1.54) is 0 Å². The number of hydrogen-bond donors (Lipinski definition) is 2. The molecule has 0 radical (unpaired) electrons. The number of aromatic hydroxyl groups is 1.